The Hall–Kier alpha value is -1.51. The number of rotatable bonds is 6. The number of carbonyl (C=O) groups excluding carboxylic acids is 1. The fourth-order valence-corrected chi connectivity index (χ4v) is 1.90. The van der Waals surface area contributed by atoms with E-state index in [-0.39, 0.29) is 5.97 Å². The highest BCUT2D eigenvalue weighted by Crippen LogP contribution is 2.19. The molecule has 0 aliphatic carbocycles. The molecule has 1 N–H and O–H groups in total. The average Bonchev–Trinajstić information content (AvgIpc) is 2.36. The molecule has 19 heavy (non-hydrogen) atoms. The van der Waals surface area contributed by atoms with Crippen LogP contribution in [0.2, 0.25) is 0 Å². The number of nitrogens with one attached hydrogen (secondary N) is 1. The summed E-state index contributed by atoms with van der Waals surface area (Å²) in [6, 6.07) is 8.39. The van der Waals surface area contributed by atoms with Gasteiger partial charge in [0, 0.05) is 12.2 Å². The van der Waals surface area contributed by atoms with Crippen molar-refractivity contribution < 1.29 is 9.53 Å². The van der Waals surface area contributed by atoms with Gasteiger partial charge < -0.3 is 10.1 Å². The molecule has 0 aromatic heterocycles. The molecule has 0 atom stereocenters. The van der Waals surface area contributed by atoms with Crippen LogP contribution in [0.5, 0.6) is 0 Å². The fraction of sp³-hybridized carbons (Fsp3) is 0.562. The van der Waals surface area contributed by atoms with Gasteiger partial charge in [-0.2, -0.15) is 0 Å². The third kappa shape index (κ3) is 4.93. The molecule has 0 amide bonds. The first kappa shape index (κ1) is 15.5. The van der Waals surface area contributed by atoms with E-state index < -0.39 is 5.41 Å². The third-order valence-electron chi connectivity index (χ3n) is 3.07. The zero-order valence-electron chi connectivity index (χ0n) is 12.6. The second kappa shape index (κ2) is 6.60. The molecule has 0 aliphatic rings. The molecule has 3 nitrogen and oxygen atoms in total. The van der Waals surface area contributed by atoms with Crippen molar-refractivity contribution in [1.29, 1.82) is 0 Å². The molecule has 3 heteroatoms. The molecule has 0 unspecified atom stereocenters. The SMILES string of the molecule is COC(=O)C(C)(C)CNc1ccc(CC(C)C)cc1. The smallest absolute Gasteiger partial charge is 0.313 e. The topological polar surface area (TPSA) is 38.3 Å². The van der Waals surface area contributed by atoms with E-state index in [2.05, 4.69) is 43.4 Å². The summed E-state index contributed by atoms with van der Waals surface area (Å²) in [7, 11) is 1.42. The number of hydrogen-bond donors (Lipinski definition) is 1. The van der Waals surface area contributed by atoms with E-state index in [0.717, 1.165) is 12.1 Å². The molecule has 0 fully saturated rings. The Balaban J connectivity index is 2.57. The lowest BCUT2D eigenvalue weighted by Crippen LogP contribution is -2.33. The summed E-state index contributed by atoms with van der Waals surface area (Å²) in [6.07, 6.45) is 1.09. The standard InChI is InChI=1S/C16H25NO2/c1-12(2)10-13-6-8-14(9-7-13)17-11-16(3,4)15(18)19-5/h6-9,12,17H,10-11H2,1-5H3. The molecular weight excluding hydrogens is 238 g/mol. The Labute approximate surface area is 116 Å². The summed E-state index contributed by atoms with van der Waals surface area (Å²) in [5.41, 5.74) is 1.85. The summed E-state index contributed by atoms with van der Waals surface area (Å²) in [6.45, 7) is 8.73. The average molecular weight is 263 g/mol. The van der Waals surface area contributed by atoms with Crippen molar-refractivity contribution in [2.45, 2.75) is 34.1 Å². The number of carbonyl (C=O) groups is 1. The second-order valence-electron chi connectivity index (χ2n) is 6.02. The van der Waals surface area contributed by atoms with Gasteiger partial charge in [0.05, 0.1) is 12.5 Å². The van der Waals surface area contributed by atoms with Gasteiger partial charge >= 0.3 is 5.97 Å². The molecule has 0 saturated carbocycles. The van der Waals surface area contributed by atoms with Crippen molar-refractivity contribution >= 4 is 11.7 Å². The summed E-state index contributed by atoms with van der Waals surface area (Å²) in [5, 5.41) is 3.28. The van der Waals surface area contributed by atoms with E-state index in [0.29, 0.717) is 12.5 Å². The van der Waals surface area contributed by atoms with Crippen molar-refractivity contribution in [3.05, 3.63) is 29.8 Å². The van der Waals surface area contributed by atoms with Crippen LogP contribution in [0.25, 0.3) is 0 Å². The highest BCUT2D eigenvalue weighted by Gasteiger charge is 2.28. The molecule has 1 rings (SSSR count). The Morgan fingerprint density at radius 2 is 1.84 bits per heavy atom. The Bertz CT molecular complexity index is 407. The van der Waals surface area contributed by atoms with Gasteiger partial charge in [-0.15, -0.1) is 0 Å². The van der Waals surface area contributed by atoms with Gasteiger partial charge in [0.1, 0.15) is 0 Å². The lowest BCUT2D eigenvalue weighted by atomic mass is 9.93. The van der Waals surface area contributed by atoms with Crippen molar-refractivity contribution in [3.63, 3.8) is 0 Å². The van der Waals surface area contributed by atoms with E-state index in [1.807, 2.05) is 13.8 Å². The van der Waals surface area contributed by atoms with Gasteiger partial charge in [0.2, 0.25) is 0 Å². The molecule has 0 bridgehead atoms. The first-order chi connectivity index (χ1) is 8.85. The van der Waals surface area contributed by atoms with Crippen molar-refractivity contribution in [2.24, 2.45) is 11.3 Å². The first-order valence-electron chi connectivity index (χ1n) is 6.76. The van der Waals surface area contributed by atoms with Gasteiger partial charge in [-0.25, -0.2) is 0 Å². The number of hydrogen-bond acceptors (Lipinski definition) is 3. The van der Waals surface area contributed by atoms with Gasteiger partial charge in [-0.05, 0) is 43.9 Å². The van der Waals surface area contributed by atoms with Crippen LogP contribution in [0.4, 0.5) is 5.69 Å². The minimum atomic E-state index is -0.522. The Kier molecular flexibility index (Phi) is 5.40. The van der Waals surface area contributed by atoms with E-state index in [9.17, 15) is 4.79 Å². The molecular formula is C16H25NO2. The van der Waals surface area contributed by atoms with Crippen LogP contribution in [0.3, 0.4) is 0 Å². The largest absolute Gasteiger partial charge is 0.469 e. The predicted octanol–water partition coefficient (Wildman–Crippen LogP) is 3.50. The normalized spacial score (nSPS) is 11.5. The maximum absolute atomic E-state index is 11.6. The van der Waals surface area contributed by atoms with Crippen LogP contribution in [0, 0.1) is 11.3 Å². The van der Waals surface area contributed by atoms with Crippen LogP contribution in [-0.4, -0.2) is 19.6 Å². The van der Waals surface area contributed by atoms with Gasteiger partial charge in [-0.3, -0.25) is 4.79 Å². The second-order valence-corrected chi connectivity index (χ2v) is 6.02. The lowest BCUT2D eigenvalue weighted by Gasteiger charge is -2.22. The number of esters is 1. The highest BCUT2D eigenvalue weighted by molar-refractivity contribution is 5.76. The minimum Gasteiger partial charge on any atom is -0.469 e. The minimum absolute atomic E-state index is 0.198. The number of benzene rings is 1. The van der Waals surface area contributed by atoms with E-state index >= 15 is 0 Å². The molecule has 1 aromatic carbocycles. The zero-order valence-corrected chi connectivity index (χ0v) is 12.6. The zero-order chi connectivity index (χ0) is 14.5. The monoisotopic (exact) mass is 263 g/mol. The van der Waals surface area contributed by atoms with Crippen LogP contribution < -0.4 is 5.32 Å². The summed E-state index contributed by atoms with van der Waals surface area (Å²) in [5.74, 6) is 0.466. The molecule has 106 valence electrons. The van der Waals surface area contributed by atoms with Crippen molar-refractivity contribution in [1.82, 2.24) is 0 Å². The van der Waals surface area contributed by atoms with Gasteiger partial charge in [-0.1, -0.05) is 26.0 Å². The van der Waals surface area contributed by atoms with Crippen LogP contribution >= 0.6 is 0 Å². The van der Waals surface area contributed by atoms with Gasteiger partial charge in [0.15, 0.2) is 0 Å². The molecule has 1 aromatic rings. The molecule has 0 heterocycles. The molecule has 0 radical (unpaired) electrons. The predicted molar refractivity (Wildman–Crippen MR) is 79.3 cm³/mol. The van der Waals surface area contributed by atoms with E-state index in [1.54, 1.807) is 0 Å². The fourth-order valence-electron chi connectivity index (χ4n) is 1.90. The quantitative estimate of drug-likeness (QED) is 0.798. The van der Waals surface area contributed by atoms with Crippen molar-refractivity contribution in [2.75, 3.05) is 19.0 Å². The van der Waals surface area contributed by atoms with Crippen LogP contribution in [0.1, 0.15) is 33.3 Å². The number of anilines is 1. The Morgan fingerprint density at radius 1 is 1.26 bits per heavy atom. The maximum atomic E-state index is 11.6. The maximum Gasteiger partial charge on any atom is 0.313 e. The molecule has 0 spiro atoms. The van der Waals surface area contributed by atoms with Gasteiger partial charge in [0.25, 0.3) is 0 Å². The van der Waals surface area contributed by atoms with Crippen molar-refractivity contribution in [3.8, 4) is 0 Å². The Morgan fingerprint density at radius 3 is 2.32 bits per heavy atom. The number of ether oxygens (including phenoxy) is 1. The molecule has 0 saturated heterocycles. The highest BCUT2D eigenvalue weighted by atomic mass is 16.5. The first-order valence-corrected chi connectivity index (χ1v) is 6.76. The van der Waals surface area contributed by atoms with Crippen LogP contribution in [-0.2, 0) is 16.0 Å². The summed E-state index contributed by atoms with van der Waals surface area (Å²) >= 11 is 0. The summed E-state index contributed by atoms with van der Waals surface area (Å²) < 4.78 is 4.79. The van der Waals surface area contributed by atoms with Crippen LogP contribution in [0.15, 0.2) is 24.3 Å². The molecule has 0 aliphatic heterocycles. The lowest BCUT2D eigenvalue weighted by molar-refractivity contribution is -0.149. The van der Waals surface area contributed by atoms with E-state index in [4.69, 9.17) is 4.74 Å². The summed E-state index contributed by atoms with van der Waals surface area (Å²) in [4.78, 5) is 11.6. The van der Waals surface area contributed by atoms with E-state index in [1.165, 1.54) is 12.7 Å². The third-order valence-corrected chi connectivity index (χ3v) is 3.07. The number of methoxy groups -OCH3 is 1.